The van der Waals surface area contributed by atoms with Crippen LogP contribution in [0.25, 0.3) is 5.69 Å². The number of aromatic nitrogens is 2. The number of rotatable bonds is 5. The minimum absolute atomic E-state index is 0.0725. The van der Waals surface area contributed by atoms with Gasteiger partial charge < -0.3 is 5.11 Å². The zero-order valence-electron chi connectivity index (χ0n) is 11.5. The number of hydrogen-bond acceptors (Lipinski definition) is 3. The van der Waals surface area contributed by atoms with Crippen molar-refractivity contribution in [2.75, 3.05) is 5.75 Å². The average Bonchev–Trinajstić information content (AvgIpc) is 2.83. The molecule has 0 saturated heterocycles. The van der Waals surface area contributed by atoms with Crippen molar-refractivity contribution in [3.05, 3.63) is 40.4 Å². The van der Waals surface area contributed by atoms with Gasteiger partial charge in [0.2, 0.25) is 0 Å². The molecule has 1 aromatic carbocycles. The third-order valence-electron chi connectivity index (χ3n) is 2.83. The molecule has 2 aromatic rings. The molecule has 1 N–H and O–H groups in total. The van der Waals surface area contributed by atoms with Gasteiger partial charge in [-0.1, -0.05) is 25.6 Å². The van der Waals surface area contributed by atoms with Gasteiger partial charge in [0.1, 0.15) is 5.82 Å². The SMILES string of the molecule is CC(C)c1cnc(SCC(=O)O)n1-c1ccc(F)c(Br)c1. The maximum absolute atomic E-state index is 13.4. The molecule has 0 amide bonds. The molecule has 21 heavy (non-hydrogen) atoms. The van der Waals surface area contributed by atoms with Crippen molar-refractivity contribution < 1.29 is 14.3 Å². The molecule has 0 atom stereocenters. The number of carbonyl (C=O) groups is 1. The molecule has 2 rings (SSSR count). The summed E-state index contributed by atoms with van der Waals surface area (Å²) >= 11 is 4.31. The Morgan fingerprint density at radius 1 is 1.52 bits per heavy atom. The number of imidazole rings is 1. The van der Waals surface area contributed by atoms with Gasteiger partial charge in [0.15, 0.2) is 5.16 Å². The highest BCUT2D eigenvalue weighted by Crippen LogP contribution is 2.29. The van der Waals surface area contributed by atoms with Gasteiger partial charge in [0.25, 0.3) is 0 Å². The highest BCUT2D eigenvalue weighted by atomic mass is 79.9. The number of aliphatic carboxylic acids is 1. The maximum atomic E-state index is 13.4. The fraction of sp³-hybridized carbons (Fsp3) is 0.286. The molecule has 0 aliphatic carbocycles. The molecule has 1 heterocycles. The minimum atomic E-state index is -0.902. The normalized spacial score (nSPS) is 11.1. The predicted molar refractivity (Wildman–Crippen MR) is 83.7 cm³/mol. The van der Waals surface area contributed by atoms with E-state index in [0.717, 1.165) is 23.1 Å². The Hall–Kier alpha value is -1.34. The number of carboxylic acids is 1. The lowest BCUT2D eigenvalue weighted by Gasteiger charge is -2.14. The first kappa shape index (κ1) is 16.0. The minimum Gasteiger partial charge on any atom is -0.481 e. The van der Waals surface area contributed by atoms with Crippen LogP contribution in [-0.4, -0.2) is 26.4 Å². The zero-order chi connectivity index (χ0) is 15.6. The summed E-state index contributed by atoms with van der Waals surface area (Å²) in [7, 11) is 0. The average molecular weight is 373 g/mol. The van der Waals surface area contributed by atoms with E-state index in [0.29, 0.717) is 9.63 Å². The lowest BCUT2D eigenvalue weighted by atomic mass is 10.1. The van der Waals surface area contributed by atoms with Crippen LogP contribution in [0.1, 0.15) is 25.5 Å². The first-order chi connectivity index (χ1) is 9.90. The molecule has 0 bridgehead atoms. The van der Waals surface area contributed by atoms with Crippen LogP contribution >= 0.6 is 27.7 Å². The van der Waals surface area contributed by atoms with Gasteiger partial charge in [-0.15, -0.1) is 0 Å². The van der Waals surface area contributed by atoms with Crippen LogP contribution < -0.4 is 0 Å². The summed E-state index contributed by atoms with van der Waals surface area (Å²) in [6.07, 6.45) is 1.73. The molecule has 0 aliphatic heterocycles. The number of hydrogen-bond donors (Lipinski definition) is 1. The van der Waals surface area contributed by atoms with Gasteiger partial charge in [-0.3, -0.25) is 9.36 Å². The summed E-state index contributed by atoms with van der Waals surface area (Å²) < 4.78 is 15.6. The van der Waals surface area contributed by atoms with Crippen molar-refractivity contribution in [2.45, 2.75) is 24.9 Å². The molecule has 7 heteroatoms. The highest BCUT2D eigenvalue weighted by molar-refractivity contribution is 9.10. The second kappa shape index (κ2) is 6.62. The fourth-order valence-corrected chi connectivity index (χ4v) is 2.95. The Bertz CT molecular complexity index is 673. The third-order valence-corrected chi connectivity index (χ3v) is 4.38. The topological polar surface area (TPSA) is 55.1 Å². The smallest absolute Gasteiger partial charge is 0.313 e. The highest BCUT2D eigenvalue weighted by Gasteiger charge is 2.16. The van der Waals surface area contributed by atoms with E-state index < -0.39 is 5.97 Å². The van der Waals surface area contributed by atoms with Crippen molar-refractivity contribution >= 4 is 33.7 Å². The molecule has 1 aromatic heterocycles. The molecule has 0 saturated carbocycles. The van der Waals surface area contributed by atoms with Crippen LogP contribution in [0.2, 0.25) is 0 Å². The van der Waals surface area contributed by atoms with Gasteiger partial charge in [-0.25, -0.2) is 9.37 Å². The third kappa shape index (κ3) is 3.65. The van der Waals surface area contributed by atoms with Crippen LogP contribution in [0.3, 0.4) is 0 Å². The molecule has 0 unspecified atom stereocenters. The Balaban J connectivity index is 2.49. The van der Waals surface area contributed by atoms with Crippen molar-refractivity contribution in [3.63, 3.8) is 0 Å². The number of benzene rings is 1. The van der Waals surface area contributed by atoms with Crippen molar-refractivity contribution in [2.24, 2.45) is 0 Å². The monoisotopic (exact) mass is 372 g/mol. The molecule has 0 radical (unpaired) electrons. The van der Waals surface area contributed by atoms with E-state index >= 15 is 0 Å². The van der Waals surface area contributed by atoms with Crippen LogP contribution in [-0.2, 0) is 4.79 Å². The van der Waals surface area contributed by atoms with Gasteiger partial charge in [-0.05, 0) is 40.0 Å². The summed E-state index contributed by atoms with van der Waals surface area (Å²) in [4.78, 5) is 15.0. The number of thioether (sulfide) groups is 1. The van der Waals surface area contributed by atoms with Crippen LogP contribution in [0, 0.1) is 5.82 Å². The summed E-state index contributed by atoms with van der Waals surface area (Å²) in [5.41, 5.74) is 1.69. The Labute approximate surface area is 134 Å². The Morgan fingerprint density at radius 2 is 2.24 bits per heavy atom. The largest absolute Gasteiger partial charge is 0.481 e. The molecular weight excluding hydrogens is 359 g/mol. The van der Waals surface area contributed by atoms with Crippen molar-refractivity contribution in [3.8, 4) is 5.69 Å². The molecule has 0 fully saturated rings. The summed E-state index contributed by atoms with van der Waals surface area (Å²) in [5, 5.41) is 9.40. The van der Waals surface area contributed by atoms with Crippen LogP contribution in [0.5, 0.6) is 0 Å². The first-order valence-electron chi connectivity index (χ1n) is 6.27. The molecule has 4 nitrogen and oxygen atoms in total. The van der Waals surface area contributed by atoms with E-state index in [1.807, 2.05) is 18.4 Å². The molecule has 0 spiro atoms. The lowest BCUT2D eigenvalue weighted by Crippen LogP contribution is -2.05. The van der Waals surface area contributed by atoms with Gasteiger partial charge in [0, 0.05) is 11.4 Å². The summed E-state index contributed by atoms with van der Waals surface area (Å²) in [6, 6.07) is 4.68. The van der Waals surface area contributed by atoms with Crippen LogP contribution in [0.15, 0.2) is 34.0 Å². The van der Waals surface area contributed by atoms with Gasteiger partial charge in [0.05, 0.1) is 16.4 Å². The first-order valence-corrected chi connectivity index (χ1v) is 8.05. The molecular formula is C14H14BrFN2O2S. The standard InChI is InChI=1S/C14H14BrFN2O2S/c1-8(2)12-6-17-14(21-7-13(19)20)18(12)9-3-4-11(16)10(15)5-9/h3-6,8H,7H2,1-2H3,(H,19,20). The Morgan fingerprint density at radius 3 is 2.81 bits per heavy atom. The predicted octanol–water partition coefficient (Wildman–Crippen LogP) is 4.07. The number of halogens is 2. The fourth-order valence-electron chi connectivity index (χ4n) is 1.87. The van der Waals surface area contributed by atoms with Crippen molar-refractivity contribution in [1.82, 2.24) is 9.55 Å². The van der Waals surface area contributed by atoms with E-state index in [4.69, 9.17) is 5.11 Å². The van der Waals surface area contributed by atoms with Gasteiger partial charge >= 0.3 is 5.97 Å². The van der Waals surface area contributed by atoms with E-state index in [2.05, 4.69) is 20.9 Å². The van der Waals surface area contributed by atoms with E-state index in [-0.39, 0.29) is 17.5 Å². The number of carboxylic acid groups (broad SMARTS) is 1. The van der Waals surface area contributed by atoms with Crippen molar-refractivity contribution in [1.29, 1.82) is 0 Å². The second-order valence-corrected chi connectivity index (χ2v) is 6.53. The zero-order valence-corrected chi connectivity index (χ0v) is 13.9. The Kier molecular flexibility index (Phi) is 5.05. The quantitative estimate of drug-likeness (QED) is 0.803. The van der Waals surface area contributed by atoms with E-state index in [1.54, 1.807) is 18.3 Å². The number of nitrogens with zero attached hydrogens (tertiary/aromatic N) is 2. The summed E-state index contributed by atoms with van der Waals surface area (Å²) in [5.74, 6) is -1.11. The maximum Gasteiger partial charge on any atom is 0.313 e. The van der Waals surface area contributed by atoms with E-state index in [9.17, 15) is 9.18 Å². The van der Waals surface area contributed by atoms with Crippen LogP contribution in [0.4, 0.5) is 4.39 Å². The lowest BCUT2D eigenvalue weighted by molar-refractivity contribution is -0.133. The summed E-state index contributed by atoms with van der Waals surface area (Å²) in [6.45, 7) is 4.05. The van der Waals surface area contributed by atoms with E-state index in [1.165, 1.54) is 6.07 Å². The molecule has 112 valence electrons. The van der Waals surface area contributed by atoms with Gasteiger partial charge in [-0.2, -0.15) is 0 Å². The second-order valence-electron chi connectivity index (χ2n) is 4.74. The molecule has 0 aliphatic rings.